The Morgan fingerprint density at radius 3 is 1.94 bits per heavy atom. The molecule has 0 aromatic heterocycles. The summed E-state index contributed by atoms with van der Waals surface area (Å²) >= 11 is 0. The third kappa shape index (κ3) is 20.6. The molecular formula is C24H46O6S2. The second-order valence-electron chi connectivity index (χ2n) is 8.01. The first-order valence-electron chi connectivity index (χ1n) is 12.6. The molecule has 0 unspecified atom stereocenters. The lowest BCUT2D eigenvalue weighted by Gasteiger charge is -2.08. The molecule has 6 nitrogen and oxygen atoms in total. The van der Waals surface area contributed by atoms with E-state index in [0.29, 0.717) is 59.3 Å². The number of esters is 1. The summed E-state index contributed by atoms with van der Waals surface area (Å²) in [5.74, 6) is 1.15. The van der Waals surface area contributed by atoms with Crippen LogP contribution >= 0.6 is 21.6 Å². The van der Waals surface area contributed by atoms with Crippen molar-refractivity contribution < 1.29 is 28.5 Å². The van der Waals surface area contributed by atoms with Crippen LogP contribution in [0.1, 0.15) is 77.6 Å². The number of carbonyl (C=O) groups excluding carboxylic acids is 1. The fourth-order valence-corrected chi connectivity index (χ4v) is 6.27. The molecule has 0 radical (unpaired) electrons. The average molecular weight is 495 g/mol. The zero-order valence-electron chi connectivity index (χ0n) is 20.2. The fraction of sp³-hybridized carbons (Fsp3) is 0.958. The van der Waals surface area contributed by atoms with Gasteiger partial charge in [0.25, 0.3) is 0 Å². The SMILES string of the molecule is CCCCCCCCOCCOCCOCCOCCOC(=O)CCCC[C@@H]1CCSS1. The monoisotopic (exact) mass is 494 g/mol. The van der Waals surface area contributed by atoms with E-state index in [-0.39, 0.29) is 5.97 Å². The van der Waals surface area contributed by atoms with Crippen molar-refractivity contribution in [1.29, 1.82) is 0 Å². The maximum absolute atomic E-state index is 11.7. The highest BCUT2D eigenvalue weighted by Gasteiger charge is 2.15. The van der Waals surface area contributed by atoms with Crippen LogP contribution in [0.4, 0.5) is 0 Å². The molecule has 0 aromatic carbocycles. The Bertz CT molecular complexity index is 408. The van der Waals surface area contributed by atoms with Crippen molar-refractivity contribution in [3.63, 3.8) is 0 Å². The van der Waals surface area contributed by atoms with Gasteiger partial charge in [-0.3, -0.25) is 4.79 Å². The lowest BCUT2D eigenvalue weighted by atomic mass is 10.1. The molecule has 0 spiro atoms. The number of ether oxygens (including phenoxy) is 5. The summed E-state index contributed by atoms with van der Waals surface area (Å²) in [4.78, 5) is 11.7. The van der Waals surface area contributed by atoms with Crippen molar-refractivity contribution in [3.05, 3.63) is 0 Å². The van der Waals surface area contributed by atoms with Crippen LogP contribution in [0, 0.1) is 0 Å². The summed E-state index contributed by atoms with van der Waals surface area (Å²) < 4.78 is 27.1. The van der Waals surface area contributed by atoms with E-state index in [1.807, 2.05) is 21.6 Å². The van der Waals surface area contributed by atoms with Gasteiger partial charge in [-0.05, 0) is 25.7 Å². The number of unbranched alkanes of at least 4 members (excludes halogenated alkanes) is 6. The summed E-state index contributed by atoms with van der Waals surface area (Å²) in [5, 5.41) is 0.784. The standard InChI is InChI=1S/C24H46O6S2/c1-2-3-4-5-6-9-13-26-14-15-27-16-17-28-18-19-29-20-21-30-24(25)11-8-7-10-23-12-22-31-32-23/h23H,2-22H2,1H3/t23-/m1/s1. The molecule has 1 aliphatic heterocycles. The first-order valence-corrected chi connectivity index (χ1v) is 15.0. The molecule has 0 aliphatic carbocycles. The van der Waals surface area contributed by atoms with Crippen molar-refractivity contribution in [2.45, 2.75) is 82.8 Å². The summed E-state index contributed by atoms with van der Waals surface area (Å²) in [6.45, 7) is 7.19. The Kier molecular flexibility index (Phi) is 22.7. The molecular weight excluding hydrogens is 448 g/mol. The van der Waals surface area contributed by atoms with Gasteiger partial charge in [-0.25, -0.2) is 0 Å². The predicted molar refractivity (Wildman–Crippen MR) is 135 cm³/mol. The molecule has 1 heterocycles. The van der Waals surface area contributed by atoms with Crippen LogP contribution in [0.25, 0.3) is 0 Å². The Morgan fingerprint density at radius 2 is 1.31 bits per heavy atom. The van der Waals surface area contributed by atoms with Crippen LogP contribution in [0.2, 0.25) is 0 Å². The summed E-state index contributed by atoms with van der Waals surface area (Å²) in [5.41, 5.74) is 0. The number of hydrogen-bond acceptors (Lipinski definition) is 8. The Hall–Kier alpha value is 0.0100. The minimum Gasteiger partial charge on any atom is -0.463 e. The van der Waals surface area contributed by atoms with Gasteiger partial charge in [0, 0.05) is 24.0 Å². The van der Waals surface area contributed by atoms with Crippen molar-refractivity contribution >= 4 is 27.6 Å². The van der Waals surface area contributed by atoms with Crippen LogP contribution in [0.5, 0.6) is 0 Å². The van der Waals surface area contributed by atoms with E-state index in [2.05, 4.69) is 6.92 Å². The minimum atomic E-state index is -0.119. The molecule has 8 heteroatoms. The van der Waals surface area contributed by atoms with E-state index in [1.165, 1.54) is 50.7 Å². The highest BCUT2D eigenvalue weighted by atomic mass is 33.1. The maximum Gasteiger partial charge on any atom is 0.305 e. The van der Waals surface area contributed by atoms with Gasteiger partial charge in [-0.2, -0.15) is 0 Å². The van der Waals surface area contributed by atoms with E-state index in [1.54, 1.807) is 0 Å². The molecule has 1 saturated heterocycles. The minimum absolute atomic E-state index is 0.119. The van der Waals surface area contributed by atoms with Gasteiger partial charge < -0.3 is 23.7 Å². The first-order chi connectivity index (χ1) is 15.8. The molecule has 1 atom stereocenters. The third-order valence-corrected chi connectivity index (χ3v) is 8.14. The van der Waals surface area contributed by atoms with Gasteiger partial charge in [0.2, 0.25) is 0 Å². The Morgan fingerprint density at radius 1 is 0.719 bits per heavy atom. The molecule has 0 N–H and O–H groups in total. The summed E-state index contributed by atoms with van der Waals surface area (Å²) in [6.07, 6.45) is 12.8. The van der Waals surface area contributed by atoms with Gasteiger partial charge in [0.15, 0.2) is 0 Å². The Labute approximate surface area is 204 Å². The molecule has 0 saturated carbocycles. The quantitative estimate of drug-likeness (QED) is 0.0966. The van der Waals surface area contributed by atoms with Crippen molar-refractivity contribution in [2.24, 2.45) is 0 Å². The van der Waals surface area contributed by atoms with Gasteiger partial charge >= 0.3 is 5.97 Å². The first kappa shape index (κ1) is 30.0. The molecule has 32 heavy (non-hydrogen) atoms. The van der Waals surface area contributed by atoms with E-state index in [4.69, 9.17) is 23.7 Å². The summed E-state index contributed by atoms with van der Waals surface area (Å²) in [7, 11) is 3.97. The van der Waals surface area contributed by atoms with E-state index in [0.717, 1.165) is 31.1 Å². The zero-order chi connectivity index (χ0) is 23.0. The van der Waals surface area contributed by atoms with Crippen molar-refractivity contribution in [3.8, 4) is 0 Å². The van der Waals surface area contributed by atoms with Gasteiger partial charge in [0.1, 0.15) is 6.61 Å². The van der Waals surface area contributed by atoms with Crippen LogP contribution in [-0.2, 0) is 28.5 Å². The number of hydrogen-bond donors (Lipinski definition) is 0. The van der Waals surface area contributed by atoms with Gasteiger partial charge in [0.05, 0.1) is 46.2 Å². The molecule has 0 bridgehead atoms. The second kappa shape index (κ2) is 24.1. The highest BCUT2D eigenvalue weighted by Crippen LogP contribution is 2.39. The molecule has 1 rings (SSSR count). The van der Waals surface area contributed by atoms with Gasteiger partial charge in [-0.1, -0.05) is 67.0 Å². The Balaban J connectivity index is 1.67. The van der Waals surface area contributed by atoms with E-state index < -0.39 is 0 Å². The van der Waals surface area contributed by atoms with Crippen molar-refractivity contribution in [1.82, 2.24) is 0 Å². The predicted octanol–water partition coefficient (Wildman–Crippen LogP) is 5.67. The van der Waals surface area contributed by atoms with Crippen LogP contribution in [0.3, 0.4) is 0 Å². The number of rotatable bonds is 24. The molecule has 1 fully saturated rings. The number of carbonyl (C=O) groups is 1. The normalized spacial score (nSPS) is 16.0. The van der Waals surface area contributed by atoms with E-state index in [9.17, 15) is 4.79 Å². The second-order valence-corrected chi connectivity index (χ2v) is 10.8. The van der Waals surface area contributed by atoms with Crippen LogP contribution in [0.15, 0.2) is 0 Å². The van der Waals surface area contributed by atoms with Crippen LogP contribution < -0.4 is 0 Å². The van der Waals surface area contributed by atoms with Crippen LogP contribution in [-0.4, -0.2) is 76.4 Å². The molecule has 190 valence electrons. The topological polar surface area (TPSA) is 63.2 Å². The zero-order valence-corrected chi connectivity index (χ0v) is 21.8. The third-order valence-electron chi connectivity index (χ3n) is 5.13. The lowest BCUT2D eigenvalue weighted by molar-refractivity contribution is -0.145. The summed E-state index contributed by atoms with van der Waals surface area (Å²) in [6, 6.07) is 0. The smallest absolute Gasteiger partial charge is 0.305 e. The molecule has 0 aromatic rings. The average Bonchev–Trinajstić information content (AvgIpc) is 3.32. The largest absolute Gasteiger partial charge is 0.463 e. The van der Waals surface area contributed by atoms with Crippen molar-refractivity contribution in [2.75, 3.05) is 65.2 Å². The van der Waals surface area contributed by atoms with E-state index >= 15 is 0 Å². The lowest BCUT2D eigenvalue weighted by Crippen LogP contribution is -2.14. The molecule has 1 aliphatic rings. The van der Waals surface area contributed by atoms with Gasteiger partial charge in [-0.15, -0.1) is 0 Å². The molecule has 0 amide bonds. The highest BCUT2D eigenvalue weighted by molar-refractivity contribution is 8.77. The fourth-order valence-electron chi connectivity index (χ4n) is 3.24. The maximum atomic E-state index is 11.7.